The van der Waals surface area contributed by atoms with Crippen molar-refractivity contribution >= 4 is 5.97 Å². The second kappa shape index (κ2) is 15.6. The van der Waals surface area contributed by atoms with Gasteiger partial charge in [-0.1, -0.05) is 57.6 Å². The van der Waals surface area contributed by atoms with E-state index in [2.05, 4.69) is 19.1 Å². The molecular weight excluding hydrogens is 264 g/mol. The van der Waals surface area contributed by atoms with Crippen molar-refractivity contribution < 1.29 is 15.0 Å². The van der Waals surface area contributed by atoms with Gasteiger partial charge in [0.15, 0.2) is 0 Å². The molecule has 3 heteroatoms. The van der Waals surface area contributed by atoms with Crippen molar-refractivity contribution in [2.24, 2.45) is 0 Å². The molecule has 0 bridgehead atoms. The third-order valence-corrected chi connectivity index (χ3v) is 3.74. The van der Waals surface area contributed by atoms with Crippen LogP contribution in [0.2, 0.25) is 0 Å². The number of hydrogen-bond donors (Lipinski definition) is 2. The van der Waals surface area contributed by atoms with Crippen molar-refractivity contribution in [2.45, 2.75) is 96.5 Å². The zero-order valence-corrected chi connectivity index (χ0v) is 13.7. The summed E-state index contributed by atoms with van der Waals surface area (Å²) in [4.78, 5) is 10.3. The molecule has 124 valence electrons. The fraction of sp³-hybridized carbons (Fsp3) is 0.833. The van der Waals surface area contributed by atoms with Crippen LogP contribution in [0.25, 0.3) is 0 Å². The molecule has 2 N–H and O–H groups in total. The maximum absolute atomic E-state index is 10.3. The maximum atomic E-state index is 10.3. The fourth-order valence-corrected chi connectivity index (χ4v) is 2.37. The summed E-state index contributed by atoms with van der Waals surface area (Å²) < 4.78 is 0. The Morgan fingerprint density at radius 3 is 2.29 bits per heavy atom. The third-order valence-electron chi connectivity index (χ3n) is 3.74. The standard InChI is InChI=1S/C18H34O3/c1-2-3-4-5-8-11-14-17(19)15-12-9-6-7-10-13-16-18(20)21/h6,9,17,19H,2-5,7-8,10-16H2,1H3,(H,20,21)/b9-6-. The van der Waals surface area contributed by atoms with Crippen LogP contribution in [0.15, 0.2) is 12.2 Å². The molecule has 0 aromatic heterocycles. The Morgan fingerprint density at radius 2 is 1.57 bits per heavy atom. The lowest BCUT2D eigenvalue weighted by atomic mass is 10.0. The minimum Gasteiger partial charge on any atom is -0.481 e. The van der Waals surface area contributed by atoms with Crippen molar-refractivity contribution in [3.63, 3.8) is 0 Å². The maximum Gasteiger partial charge on any atom is 0.303 e. The van der Waals surface area contributed by atoms with Crippen LogP contribution in [0, 0.1) is 0 Å². The molecule has 3 nitrogen and oxygen atoms in total. The Labute approximate surface area is 130 Å². The molecule has 21 heavy (non-hydrogen) atoms. The van der Waals surface area contributed by atoms with E-state index in [4.69, 9.17) is 5.11 Å². The average molecular weight is 298 g/mol. The molecule has 0 aliphatic heterocycles. The van der Waals surface area contributed by atoms with Crippen molar-refractivity contribution in [1.82, 2.24) is 0 Å². The molecule has 0 radical (unpaired) electrons. The van der Waals surface area contributed by atoms with Crippen LogP contribution >= 0.6 is 0 Å². The smallest absolute Gasteiger partial charge is 0.303 e. The van der Waals surface area contributed by atoms with Crippen molar-refractivity contribution in [3.8, 4) is 0 Å². The Kier molecular flexibility index (Phi) is 14.9. The van der Waals surface area contributed by atoms with E-state index in [0.717, 1.165) is 44.9 Å². The van der Waals surface area contributed by atoms with E-state index in [-0.39, 0.29) is 12.5 Å². The van der Waals surface area contributed by atoms with E-state index in [1.54, 1.807) is 0 Å². The summed E-state index contributed by atoms with van der Waals surface area (Å²) in [5.41, 5.74) is 0. The normalized spacial score (nSPS) is 12.9. The number of aliphatic hydroxyl groups excluding tert-OH is 1. The lowest BCUT2D eigenvalue weighted by Gasteiger charge is -2.08. The Hall–Kier alpha value is -0.830. The van der Waals surface area contributed by atoms with E-state index in [1.165, 1.54) is 32.1 Å². The highest BCUT2D eigenvalue weighted by atomic mass is 16.4. The van der Waals surface area contributed by atoms with Crippen LogP contribution in [-0.2, 0) is 4.79 Å². The SMILES string of the molecule is CCCCCCCCC(O)CC/C=C\CCCCC(=O)O. The summed E-state index contributed by atoms with van der Waals surface area (Å²) in [6, 6.07) is 0. The van der Waals surface area contributed by atoms with Gasteiger partial charge < -0.3 is 10.2 Å². The Bertz CT molecular complexity index is 261. The predicted octanol–water partition coefficient (Wildman–Crippen LogP) is 5.08. The largest absolute Gasteiger partial charge is 0.481 e. The minimum absolute atomic E-state index is 0.159. The van der Waals surface area contributed by atoms with Crippen molar-refractivity contribution in [3.05, 3.63) is 12.2 Å². The van der Waals surface area contributed by atoms with Gasteiger partial charge in [0.05, 0.1) is 6.10 Å². The molecule has 0 aliphatic rings. The number of hydrogen-bond acceptors (Lipinski definition) is 2. The molecular formula is C18H34O3. The van der Waals surface area contributed by atoms with Gasteiger partial charge in [-0.05, 0) is 38.5 Å². The highest BCUT2D eigenvalue weighted by Crippen LogP contribution is 2.11. The van der Waals surface area contributed by atoms with Gasteiger partial charge in [0.25, 0.3) is 0 Å². The number of rotatable bonds is 15. The zero-order chi connectivity index (χ0) is 15.8. The number of aliphatic hydroxyl groups is 1. The molecule has 0 spiro atoms. The van der Waals surface area contributed by atoms with Crippen LogP contribution < -0.4 is 0 Å². The molecule has 0 heterocycles. The number of aliphatic carboxylic acids is 1. The van der Waals surface area contributed by atoms with Gasteiger partial charge in [0.2, 0.25) is 0 Å². The fourth-order valence-electron chi connectivity index (χ4n) is 2.37. The summed E-state index contributed by atoms with van der Waals surface area (Å²) in [5, 5.41) is 18.4. The molecule has 1 unspecified atom stereocenters. The number of allylic oxidation sites excluding steroid dienone is 2. The molecule has 0 saturated carbocycles. The van der Waals surface area contributed by atoms with Crippen LogP contribution in [0.1, 0.15) is 90.4 Å². The summed E-state index contributed by atoms with van der Waals surface area (Å²) in [7, 11) is 0. The van der Waals surface area contributed by atoms with Crippen LogP contribution in [0.3, 0.4) is 0 Å². The van der Waals surface area contributed by atoms with Gasteiger partial charge >= 0.3 is 5.97 Å². The Balaban J connectivity index is 3.28. The molecule has 0 rings (SSSR count). The van der Waals surface area contributed by atoms with E-state index in [9.17, 15) is 9.90 Å². The molecule has 0 aromatic rings. The summed E-state index contributed by atoms with van der Waals surface area (Å²) in [6.07, 6.45) is 17.3. The average Bonchev–Trinajstić information content (AvgIpc) is 2.45. The highest BCUT2D eigenvalue weighted by molar-refractivity contribution is 5.66. The summed E-state index contributed by atoms with van der Waals surface area (Å²) in [5.74, 6) is -0.711. The number of carboxylic acids is 1. The lowest BCUT2D eigenvalue weighted by Crippen LogP contribution is -2.05. The number of carboxylic acid groups (broad SMARTS) is 1. The molecule has 0 aliphatic carbocycles. The third kappa shape index (κ3) is 17.1. The van der Waals surface area contributed by atoms with Gasteiger partial charge in [-0.3, -0.25) is 4.79 Å². The van der Waals surface area contributed by atoms with Crippen LogP contribution in [0.5, 0.6) is 0 Å². The van der Waals surface area contributed by atoms with Gasteiger partial charge in [0, 0.05) is 6.42 Å². The molecule has 0 fully saturated rings. The molecule has 1 atom stereocenters. The summed E-state index contributed by atoms with van der Waals surface area (Å²) >= 11 is 0. The van der Waals surface area contributed by atoms with Crippen LogP contribution in [0.4, 0.5) is 0 Å². The quantitative estimate of drug-likeness (QED) is 0.327. The van der Waals surface area contributed by atoms with Crippen molar-refractivity contribution in [2.75, 3.05) is 0 Å². The molecule has 0 amide bonds. The minimum atomic E-state index is -0.711. The zero-order valence-electron chi connectivity index (χ0n) is 13.7. The van der Waals surface area contributed by atoms with E-state index >= 15 is 0 Å². The first-order valence-corrected chi connectivity index (χ1v) is 8.71. The number of carbonyl (C=O) groups is 1. The molecule has 0 aromatic carbocycles. The van der Waals surface area contributed by atoms with Gasteiger partial charge in [-0.15, -0.1) is 0 Å². The van der Waals surface area contributed by atoms with E-state index in [1.807, 2.05) is 0 Å². The topological polar surface area (TPSA) is 57.5 Å². The van der Waals surface area contributed by atoms with E-state index < -0.39 is 5.97 Å². The lowest BCUT2D eigenvalue weighted by molar-refractivity contribution is -0.137. The second-order valence-electron chi connectivity index (χ2n) is 5.90. The first-order valence-electron chi connectivity index (χ1n) is 8.71. The van der Waals surface area contributed by atoms with Gasteiger partial charge in [0.1, 0.15) is 0 Å². The number of unbranched alkanes of at least 4 members (excludes halogenated alkanes) is 7. The van der Waals surface area contributed by atoms with E-state index in [0.29, 0.717) is 0 Å². The van der Waals surface area contributed by atoms with Crippen molar-refractivity contribution in [1.29, 1.82) is 0 Å². The Morgan fingerprint density at radius 1 is 0.905 bits per heavy atom. The van der Waals surface area contributed by atoms with Crippen LogP contribution in [-0.4, -0.2) is 22.3 Å². The van der Waals surface area contributed by atoms with Gasteiger partial charge in [-0.2, -0.15) is 0 Å². The monoisotopic (exact) mass is 298 g/mol. The first kappa shape index (κ1) is 20.2. The molecule has 0 saturated heterocycles. The highest BCUT2D eigenvalue weighted by Gasteiger charge is 2.02. The second-order valence-corrected chi connectivity index (χ2v) is 5.90. The summed E-state index contributed by atoms with van der Waals surface area (Å²) in [6.45, 7) is 2.23. The first-order chi connectivity index (χ1) is 10.2. The van der Waals surface area contributed by atoms with Gasteiger partial charge in [-0.25, -0.2) is 0 Å². The predicted molar refractivity (Wildman–Crippen MR) is 88.5 cm³/mol.